The summed E-state index contributed by atoms with van der Waals surface area (Å²) in [7, 11) is 0. The molecule has 2 fully saturated rings. The van der Waals surface area contributed by atoms with Crippen LogP contribution in [-0.2, 0) is 11.3 Å². The smallest absolute Gasteiger partial charge is 0.224 e. The Kier molecular flexibility index (Phi) is 9.93. The third kappa shape index (κ3) is 6.41. The lowest BCUT2D eigenvalue weighted by molar-refractivity contribution is -0.125. The molecule has 1 aromatic heterocycles. The van der Waals surface area contributed by atoms with Crippen molar-refractivity contribution in [3.8, 4) is 0 Å². The second-order valence-corrected chi connectivity index (χ2v) is 7.26. The first kappa shape index (κ1) is 23.2. The fraction of sp³-hybridized carbons (Fsp3) is 0.778. The third-order valence-electron chi connectivity index (χ3n) is 5.37. The van der Waals surface area contributed by atoms with Gasteiger partial charge in [-0.15, -0.1) is 24.8 Å². The van der Waals surface area contributed by atoms with Crippen molar-refractivity contribution in [1.29, 1.82) is 0 Å². The number of piperidine rings is 2. The van der Waals surface area contributed by atoms with Crippen molar-refractivity contribution in [1.82, 2.24) is 20.5 Å². The number of halogens is 2. The second kappa shape index (κ2) is 11.1. The molecule has 1 unspecified atom stereocenters. The molecule has 1 amide bonds. The van der Waals surface area contributed by atoms with Crippen LogP contribution in [0.15, 0.2) is 4.42 Å². The zero-order chi connectivity index (χ0) is 16.9. The van der Waals surface area contributed by atoms with E-state index in [1.165, 1.54) is 0 Å². The molecule has 0 saturated carbocycles. The highest BCUT2D eigenvalue weighted by Gasteiger charge is 2.24. The van der Waals surface area contributed by atoms with E-state index in [1.807, 2.05) is 13.8 Å². The second-order valence-electron chi connectivity index (χ2n) is 7.26. The predicted octanol–water partition coefficient (Wildman–Crippen LogP) is 2.46. The summed E-state index contributed by atoms with van der Waals surface area (Å²) in [6.07, 6.45) is 4.38. The summed E-state index contributed by atoms with van der Waals surface area (Å²) in [5.74, 6) is 2.72. The maximum atomic E-state index is 12.2. The number of carbonyl (C=O) groups excluding carboxylic acids is 1. The Bertz CT molecular complexity index is 534. The summed E-state index contributed by atoms with van der Waals surface area (Å²) in [5, 5.41) is 6.48. The molecule has 0 aromatic carbocycles. The highest BCUT2D eigenvalue weighted by atomic mass is 35.5. The Morgan fingerprint density at radius 2 is 2.00 bits per heavy atom. The third-order valence-corrected chi connectivity index (χ3v) is 5.37. The van der Waals surface area contributed by atoms with Crippen molar-refractivity contribution in [3.05, 3.63) is 17.3 Å². The van der Waals surface area contributed by atoms with Gasteiger partial charge in [-0.05, 0) is 65.1 Å². The van der Waals surface area contributed by atoms with Crippen LogP contribution >= 0.6 is 24.8 Å². The zero-order valence-electron chi connectivity index (χ0n) is 15.8. The molecule has 2 aliphatic heterocycles. The topological polar surface area (TPSA) is 70.4 Å². The molecule has 6 nitrogen and oxygen atoms in total. The summed E-state index contributed by atoms with van der Waals surface area (Å²) in [5.41, 5.74) is 0.986. The quantitative estimate of drug-likeness (QED) is 0.785. The average Bonchev–Trinajstić information content (AvgIpc) is 2.92. The Morgan fingerprint density at radius 1 is 1.27 bits per heavy atom. The molecule has 0 spiro atoms. The van der Waals surface area contributed by atoms with Gasteiger partial charge in [-0.2, -0.15) is 0 Å². The molecule has 2 saturated heterocycles. The Hall–Kier alpha value is -0.820. The minimum atomic E-state index is 0. The normalized spacial score (nSPS) is 21.5. The highest BCUT2D eigenvalue weighted by Crippen LogP contribution is 2.19. The van der Waals surface area contributed by atoms with Gasteiger partial charge in [-0.1, -0.05) is 0 Å². The van der Waals surface area contributed by atoms with Gasteiger partial charge in [0.05, 0.1) is 18.2 Å². The fourth-order valence-corrected chi connectivity index (χ4v) is 3.61. The SMILES string of the molecule is Cc1nc(CN2CCC(CNC(=O)C3CCCNC3)CC2)oc1C.Cl.Cl. The van der Waals surface area contributed by atoms with Gasteiger partial charge >= 0.3 is 0 Å². The van der Waals surface area contributed by atoms with E-state index in [1.54, 1.807) is 0 Å². The van der Waals surface area contributed by atoms with Gasteiger partial charge in [0.15, 0.2) is 0 Å². The fourth-order valence-electron chi connectivity index (χ4n) is 3.61. The molecule has 3 rings (SSSR count). The van der Waals surface area contributed by atoms with Gasteiger partial charge in [0.25, 0.3) is 0 Å². The van der Waals surface area contributed by atoms with Crippen molar-refractivity contribution in [2.45, 2.75) is 46.1 Å². The molecule has 3 heterocycles. The number of likely N-dealkylation sites (tertiary alicyclic amines) is 1. The molecular formula is C18H32Cl2N4O2. The van der Waals surface area contributed by atoms with Crippen molar-refractivity contribution >= 4 is 30.7 Å². The molecule has 1 atom stereocenters. The number of amides is 1. The predicted molar refractivity (Wildman–Crippen MR) is 107 cm³/mol. The maximum absolute atomic E-state index is 12.2. The van der Waals surface area contributed by atoms with E-state index >= 15 is 0 Å². The minimum absolute atomic E-state index is 0. The lowest BCUT2D eigenvalue weighted by Gasteiger charge is -2.31. The van der Waals surface area contributed by atoms with Crippen LogP contribution in [0, 0.1) is 25.7 Å². The van der Waals surface area contributed by atoms with Crippen LogP contribution in [0.5, 0.6) is 0 Å². The molecule has 0 radical (unpaired) electrons. The number of nitrogens with zero attached hydrogens (tertiary/aromatic N) is 2. The Morgan fingerprint density at radius 3 is 2.58 bits per heavy atom. The number of hydrogen-bond donors (Lipinski definition) is 2. The van der Waals surface area contributed by atoms with Crippen LogP contribution in [0.25, 0.3) is 0 Å². The summed E-state index contributed by atoms with van der Waals surface area (Å²) >= 11 is 0. The summed E-state index contributed by atoms with van der Waals surface area (Å²) in [6, 6.07) is 0. The van der Waals surface area contributed by atoms with E-state index in [9.17, 15) is 4.79 Å². The van der Waals surface area contributed by atoms with Gasteiger partial charge in [-0.25, -0.2) is 4.98 Å². The summed E-state index contributed by atoms with van der Waals surface area (Å²) in [4.78, 5) is 19.1. The number of oxazole rings is 1. The first-order chi connectivity index (χ1) is 11.6. The first-order valence-electron chi connectivity index (χ1n) is 9.25. The minimum Gasteiger partial charge on any atom is -0.444 e. The van der Waals surface area contributed by atoms with Crippen LogP contribution in [0.3, 0.4) is 0 Å². The van der Waals surface area contributed by atoms with Gasteiger partial charge in [-0.3, -0.25) is 9.69 Å². The van der Waals surface area contributed by atoms with Gasteiger partial charge < -0.3 is 15.1 Å². The van der Waals surface area contributed by atoms with Gasteiger partial charge in [0.1, 0.15) is 5.76 Å². The Labute approximate surface area is 168 Å². The molecule has 0 aliphatic carbocycles. The zero-order valence-corrected chi connectivity index (χ0v) is 17.4. The van der Waals surface area contributed by atoms with E-state index in [-0.39, 0.29) is 36.6 Å². The number of carbonyl (C=O) groups is 1. The maximum Gasteiger partial charge on any atom is 0.224 e. The van der Waals surface area contributed by atoms with Gasteiger partial charge in [0, 0.05) is 13.1 Å². The molecular weight excluding hydrogens is 375 g/mol. The largest absolute Gasteiger partial charge is 0.444 e. The van der Waals surface area contributed by atoms with E-state index in [0.29, 0.717) is 5.92 Å². The average molecular weight is 407 g/mol. The monoisotopic (exact) mass is 406 g/mol. The van der Waals surface area contributed by atoms with Crippen LogP contribution in [0.4, 0.5) is 0 Å². The van der Waals surface area contributed by atoms with E-state index in [4.69, 9.17) is 4.42 Å². The highest BCUT2D eigenvalue weighted by molar-refractivity contribution is 5.85. The van der Waals surface area contributed by atoms with Crippen LogP contribution < -0.4 is 10.6 Å². The lowest BCUT2D eigenvalue weighted by Crippen LogP contribution is -2.43. The molecule has 1 aromatic rings. The van der Waals surface area contributed by atoms with Crippen molar-refractivity contribution < 1.29 is 9.21 Å². The number of nitrogens with one attached hydrogen (secondary N) is 2. The van der Waals surface area contributed by atoms with Crippen LogP contribution in [0.1, 0.15) is 43.0 Å². The van der Waals surface area contributed by atoms with E-state index < -0.39 is 0 Å². The first-order valence-corrected chi connectivity index (χ1v) is 9.25. The van der Waals surface area contributed by atoms with E-state index in [0.717, 1.165) is 82.3 Å². The summed E-state index contributed by atoms with van der Waals surface area (Å²) in [6.45, 7) is 9.53. The number of aromatic nitrogens is 1. The van der Waals surface area contributed by atoms with Crippen LogP contribution in [-0.4, -0.2) is 48.5 Å². The summed E-state index contributed by atoms with van der Waals surface area (Å²) < 4.78 is 5.67. The van der Waals surface area contributed by atoms with E-state index in [2.05, 4.69) is 20.5 Å². The number of hydrogen-bond acceptors (Lipinski definition) is 5. The number of rotatable bonds is 5. The van der Waals surface area contributed by atoms with Crippen molar-refractivity contribution in [3.63, 3.8) is 0 Å². The van der Waals surface area contributed by atoms with Crippen LogP contribution in [0.2, 0.25) is 0 Å². The standard InChI is InChI=1S/C18H30N4O2.2ClH/c1-13-14(2)24-17(21-13)12-22-8-5-15(6-9-22)10-20-18(23)16-4-3-7-19-11-16;;/h15-16,19H,3-12H2,1-2H3,(H,20,23);2*1H. The lowest BCUT2D eigenvalue weighted by atomic mass is 9.95. The molecule has 8 heteroatoms. The van der Waals surface area contributed by atoms with Crippen molar-refractivity contribution in [2.24, 2.45) is 11.8 Å². The molecule has 26 heavy (non-hydrogen) atoms. The molecule has 0 bridgehead atoms. The molecule has 2 aliphatic rings. The van der Waals surface area contributed by atoms with Crippen molar-refractivity contribution in [2.75, 3.05) is 32.7 Å². The number of aryl methyl sites for hydroxylation is 2. The van der Waals surface area contributed by atoms with Gasteiger partial charge in [0.2, 0.25) is 11.8 Å². The molecule has 2 N–H and O–H groups in total. The Balaban J connectivity index is 0.00000169. The molecule has 150 valence electrons.